The lowest BCUT2D eigenvalue weighted by molar-refractivity contribution is -0.122. The number of carbonyl (C=O) groups is 1. The zero-order valence-corrected chi connectivity index (χ0v) is 13.1. The maximum Gasteiger partial charge on any atom is 0.236 e. The average molecular weight is 294 g/mol. The van der Waals surface area contributed by atoms with Gasteiger partial charge in [-0.3, -0.25) is 4.79 Å². The van der Waals surface area contributed by atoms with Gasteiger partial charge in [0, 0.05) is 12.5 Å². The number of benzene rings is 1. The predicted molar refractivity (Wildman–Crippen MR) is 83.5 cm³/mol. The molecule has 0 spiro atoms. The van der Waals surface area contributed by atoms with Crippen molar-refractivity contribution in [2.45, 2.75) is 32.7 Å². The Bertz CT molecular complexity index is 437. The zero-order valence-electron chi connectivity index (χ0n) is 13.1. The molecule has 0 heterocycles. The molecule has 1 aromatic carbocycles. The monoisotopic (exact) mass is 294 g/mol. The van der Waals surface area contributed by atoms with Crippen LogP contribution in [0.5, 0.6) is 11.5 Å². The van der Waals surface area contributed by atoms with Crippen LogP contribution >= 0.6 is 0 Å². The predicted octanol–water partition coefficient (Wildman–Crippen LogP) is 1.95. The van der Waals surface area contributed by atoms with Crippen LogP contribution < -0.4 is 20.5 Å². The Hall–Kier alpha value is -1.75. The lowest BCUT2D eigenvalue weighted by atomic mass is 10.1. The maximum atomic E-state index is 11.7. The van der Waals surface area contributed by atoms with Crippen LogP contribution in [0.3, 0.4) is 0 Å². The molecule has 0 fully saturated rings. The molecule has 5 nitrogen and oxygen atoms in total. The summed E-state index contributed by atoms with van der Waals surface area (Å²) in [6, 6.07) is 7.09. The van der Waals surface area contributed by atoms with Gasteiger partial charge in [0.2, 0.25) is 5.91 Å². The number of ether oxygens (including phenoxy) is 2. The second kappa shape index (κ2) is 9.23. The molecular formula is C16H26N2O3. The van der Waals surface area contributed by atoms with Crippen LogP contribution in [-0.2, 0) is 4.79 Å². The smallest absolute Gasteiger partial charge is 0.236 e. The molecule has 2 unspecified atom stereocenters. The van der Waals surface area contributed by atoms with E-state index in [0.29, 0.717) is 31.1 Å². The van der Waals surface area contributed by atoms with Crippen molar-refractivity contribution in [3.63, 3.8) is 0 Å². The molecular weight excluding hydrogens is 268 g/mol. The summed E-state index contributed by atoms with van der Waals surface area (Å²) in [4.78, 5) is 11.7. The fraction of sp³-hybridized carbons (Fsp3) is 0.562. The van der Waals surface area contributed by atoms with Gasteiger partial charge >= 0.3 is 0 Å². The number of hydrogen-bond donors (Lipinski definition) is 2. The van der Waals surface area contributed by atoms with Gasteiger partial charge in [0.1, 0.15) is 0 Å². The molecule has 0 aliphatic rings. The lowest BCUT2D eigenvalue weighted by Crippen LogP contribution is -2.42. The molecule has 118 valence electrons. The third kappa shape index (κ3) is 6.04. The molecule has 0 aliphatic heterocycles. The molecule has 0 bridgehead atoms. The van der Waals surface area contributed by atoms with Crippen LogP contribution in [0.1, 0.15) is 26.7 Å². The Morgan fingerprint density at radius 1 is 1.33 bits per heavy atom. The van der Waals surface area contributed by atoms with E-state index < -0.39 is 6.04 Å². The van der Waals surface area contributed by atoms with Gasteiger partial charge in [0.25, 0.3) is 0 Å². The zero-order chi connectivity index (χ0) is 15.7. The minimum Gasteiger partial charge on any atom is -0.493 e. The number of hydrogen-bond acceptors (Lipinski definition) is 4. The Morgan fingerprint density at radius 2 is 2.00 bits per heavy atom. The molecule has 0 saturated carbocycles. The van der Waals surface area contributed by atoms with Gasteiger partial charge in [-0.2, -0.15) is 0 Å². The molecule has 5 heteroatoms. The topological polar surface area (TPSA) is 73.6 Å². The number of nitrogens with two attached hydrogens (primary N) is 1. The van der Waals surface area contributed by atoms with Crippen molar-refractivity contribution in [3.05, 3.63) is 24.3 Å². The molecule has 0 aromatic heterocycles. The van der Waals surface area contributed by atoms with Crippen LogP contribution in [-0.4, -0.2) is 32.2 Å². The molecule has 0 radical (unpaired) electrons. The third-order valence-electron chi connectivity index (χ3n) is 3.15. The van der Waals surface area contributed by atoms with Crippen molar-refractivity contribution in [3.8, 4) is 11.5 Å². The van der Waals surface area contributed by atoms with E-state index in [1.54, 1.807) is 7.11 Å². The summed E-state index contributed by atoms with van der Waals surface area (Å²) in [5.41, 5.74) is 5.76. The Kier molecular flexibility index (Phi) is 7.61. The number of nitrogens with one attached hydrogen (secondary N) is 1. The average Bonchev–Trinajstić information content (AvgIpc) is 2.50. The van der Waals surface area contributed by atoms with E-state index in [0.717, 1.165) is 6.42 Å². The van der Waals surface area contributed by atoms with Crippen LogP contribution in [0.25, 0.3) is 0 Å². The van der Waals surface area contributed by atoms with Crippen molar-refractivity contribution in [2.75, 3.05) is 20.3 Å². The number of carbonyl (C=O) groups excluding carboxylic acids is 1. The summed E-state index contributed by atoms with van der Waals surface area (Å²) in [5.74, 6) is 1.51. The van der Waals surface area contributed by atoms with Gasteiger partial charge in [-0.15, -0.1) is 0 Å². The first-order valence-corrected chi connectivity index (χ1v) is 7.37. The van der Waals surface area contributed by atoms with Crippen LogP contribution in [0, 0.1) is 5.92 Å². The highest BCUT2D eigenvalue weighted by molar-refractivity contribution is 5.81. The summed E-state index contributed by atoms with van der Waals surface area (Å²) < 4.78 is 10.9. The number of para-hydroxylation sites is 2. The van der Waals surface area contributed by atoms with Crippen LogP contribution in [0.15, 0.2) is 24.3 Å². The molecule has 3 N–H and O–H groups in total. The molecule has 1 rings (SSSR count). The van der Waals surface area contributed by atoms with Gasteiger partial charge in [-0.05, 0) is 18.6 Å². The third-order valence-corrected chi connectivity index (χ3v) is 3.15. The first kappa shape index (κ1) is 17.3. The standard InChI is InChI=1S/C16H26N2O3/c1-4-7-13(17)16(19)18-10-12(2)11-21-15-9-6-5-8-14(15)20-3/h5-6,8-9,12-13H,4,7,10-11,17H2,1-3H3,(H,18,19). The summed E-state index contributed by atoms with van der Waals surface area (Å²) in [6.07, 6.45) is 1.61. The summed E-state index contributed by atoms with van der Waals surface area (Å²) in [6.45, 7) is 5.08. The van der Waals surface area contributed by atoms with Crippen molar-refractivity contribution in [1.29, 1.82) is 0 Å². The quantitative estimate of drug-likeness (QED) is 0.730. The summed E-state index contributed by atoms with van der Waals surface area (Å²) in [7, 11) is 1.61. The normalized spacial score (nSPS) is 13.3. The molecule has 2 atom stereocenters. The van der Waals surface area contributed by atoms with E-state index in [2.05, 4.69) is 5.32 Å². The molecule has 0 saturated heterocycles. The van der Waals surface area contributed by atoms with Gasteiger partial charge in [0.15, 0.2) is 11.5 Å². The number of amides is 1. The van der Waals surface area contributed by atoms with Crippen molar-refractivity contribution < 1.29 is 14.3 Å². The molecule has 0 aliphatic carbocycles. The van der Waals surface area contributed by atoms with Gasteiger partial charge in [-0.25, -0.2) is 0 Å². The first-order valence-electron chi connectivity index (χ1n) is 7.37. The highest BCUT2D eigenvalue weighted by Gasteiger charge is 2.13. The Labute approximate surface area is 126 Å². The number of rotatable bonds is 9. The van der Waals surface area contributed by atoms with E-state index in [-0.39, 0.29) is 11.8 Å². The minimum atomic E-state index is -0.419. The maximum absolute atomic E-state index is 11.7. The highest BCUT2D eigenvalue weighted by Crippen LogP contribution is 2.26. The summed E-state index contributed by atoms with van der Waals surface area (Å²) >= 11 is 0. The molecule has 1 amide bonds. The van der Waals surface area contributed by atoms with Crippen LogP contribution in [0.2, 0.25) is 0 Å². The SMILES string of the molecule is CCCC(N)C(=O)NCC(C)COc1ccccc1OC. The minimum absolute atomic E-state index is 0.0963. The fourth-order valence-corrected chi connectivity index (χ4v) is 1.88. The summed E-state index contributed by atoms with van der Waals surface area (Å²) in [5, 5.41) is 2.86. The van der Waals surface area contributed by atoms with E-state index in [4.69, 9.17) is 15.2 Å². The fourth-order valence-electron chi connectivity index (χ4n) is 1.88. The highest BCUT2D eigenvalue weighted by atomic mass is 16.5. The molecule has 21 heavy (non-hydrogen) atoms. The van der Waals surface area contributed by atoms with Crippen molar-refractivity contribution in [1.82, 2.24) is 5.32 Å². The second-order valence-electron chi connectivity index (χ2n) is 5.21. The second-order valence-corrected chi connectivity index (χ2v) is 5.21. The van der Waals surface area contributed by atoms with Crippen molar-refractivity contribution in [2.24, 2.45) is 11.7 Å². The lowest BCUT2D eigenvalue weighted by Gasteiger charge is -2.17. The first-order chi connectivity index (χ1) is 10.1. The number of methoxy groups -OCH3 is 1. The van der Waals surface area contributed by atoms with E-state index >= 15 is 0 Å². The molecule has 1 aromatic rings. The Balaban J connectivity index is 2.34. The van der Waals surface area contributed by atoms with E-state index in [1.165, 1.54) is 0 Å². The van der Waals surface area contributed by atoms with Crippen molar-refractivity contribution >= 4 is 5.91 Å². The van der Waals surface area contributed by atoms with Crippen LogP contribution in [0.4, 0.5) is 0 Å². The van der Waals surface area contributed by atoms with E-state index in [1.807, 2.05) is 38.1 Å². The Morgan fingerprint density at radius 3 is 2.62 bits per heavy atom. The van der Waals surface area contributed by atoms with Gasteiger partial charge < -0.3 is 20.5 Å². The largest absolute Gasteiger partial charge is 0.493 e. The van der Waals surface area contributed by atoms with E-state index in [9.17, 15) is 4.79 Å². The van der Waals surface area contributed by atoms with Gasteiger partial charge in [-0.1, -0.05) is 32.4 Å². The van der Waals surface area contributed by atoms with Gasteiger partial charge in [0.05, 0.1) is 19.8 Å².